The molecule has 1 saturated heterocycles. The summed E-state index contributed by atoms with van der Waals surface area (Å²) < 4.78 is 5.40. The standard InChI is InChI=1S/C17H16Cl2N6O2/c1-10-12(3-2-4-13(10)19)16-22-15(23-27-16)14-5-6-24(14)17(26)25-20-8-11(7-18)9-21-25/h2-4,8-9,14,20H,5-7H2,1H3/t14-/m0/s1. The van der Waals surface area contributed by atoms with Crippen LogP contribution in [0.2, 0.25) is 5.02 Å². The van der Waals surface area contributed by atoms with Crippen LogP contribution >= 0.6 is 23.2 Å². The number of aromatic nitrogens is 2. The van der Waals surface area contributed by atoms with E-state index in [1.54, 1.807) is 23.4 Å². The number of carbonyl (C=O) groups excluding carboxylic acids is 1. The number of rotatable bonds is 3. The molecule has 0 unspecified atom stereocenters. The topological polar surface area (TPSA) is 86.9 Å². The van der Waals surface area contributed by atoms with Gasteiger partial charge in [-0.3, -0.25) is 5.43 Å². The maximum Gasteiger partial charge on any atom is 0.360 e. The van der Waals surface area contributed by atoms with Crippen LogP contribution in [-0.2, 0) is 0 Å². The van der Waals surface area contributed by atoms with Crippen LogP contribution in [0.5, 0.6) is 0 Å². The van der Waals surface area contributed by atoms with E-state index in [9.17, 15) is 4.79 Å². The van der Waals surface area contributed by atoms with Gasteiger partial charge in [0.25, 0.3) is 5.89 Å². The molecule has 2 aromatic rings. The van der Waals surface area contributed by atoms with E-state index in [0.29, 0.717) is 29.2 Å². The molecule has 8 nitrogen and oxygen atoms in total. The number of hydrazine groups is 1. The van der Waals surface area contributed by atoms with Crippen molar-refractivity contribution in [1.29, 1.82) is 0 Å². The van der Waals surface area contributed by atoms with Crippen molar-refractivity contribution in [2.45, 2.75) is 19.4 Å². The maximum absolute atomic E-state index is 12.6. The lowest BCUT2D eigenvalue weighted by Crippen LogP contribution is -2.53. The molecule has 2 amide bonds. The van der Waals surface area contributed by atoms with Gasteiger partial charge >= 0.3 is 6.03 Å². The number of alkyl halides is 1. The Balaban J connectivity index is 1.50. The van der Waals surface area contributed by atoms with Gasteiger partial charge in [-0.05, 0) is 31.0 Å². The van der Waals surface area contributed by atoms with Crippen LogP contribution in [0.25, 0.3) is 11.5 Å². The average Bonchev–Trinajstić information content (AvgIpc) is 3.12. The number of hydrogen-bond donors (Lipinski definition) is 1. The minimum absolute atomic E-state index is 0.259. The largest absolute Gasteiger partial charge is 0.360 e. The summed E-state index contributed by atoms with van der Waals surface area (Å²) in [6, 6.07) is 4.95. The number of likely N-dealkylation sites (tertiary alicyclic amines) is 1. The molecule has 1 aromatic heterocycles. The summed E-state index contributed by atoms with van der Waals surface area (Å²) in [5, 5.41) is 9.91. The van der Waals surface area contributed by atoms with Crippen molar-refractivity contribution >= 4 is 35.4 Å². The number of halogens is 2. The second kappa shape index (κ2) is 7.21. The molecule has 0 aliphatic carbocycles. The zero-order valence-electron chi connectivity index (χ0n) is 14.4. The van der Waals surface area contributed by atoms with Gasteiger partial charge in [-0.25, -0.2) is 4.79 Å². The Kier molecular flexibility index (Phi) is 4.75. The first-order valence-corrected chi connectivity index (χ1v) is 9.24. The molecule has 1 fully saturated rings. The Morgan fingerprint density at radius 3 is 2.96 bits per heavy atom. The van der Waals surface area contributed by atoms with Crippen molar-refractivity contribution in [2.24, 2.45) is 5.10 Å². The first kappa shape index (κ1) is 17.8. The minimum atomic E-state index is -0.294. The second-order valence-electron chi connectivity index (χ2n) is 6.19. The normalized spacial score (nSPS) is 18.8. The predicted octanol–water partition coefficient (Wildman–Crippen LogP) is 3.49. The number of urea groups is 1. The quantitative estimate of drug-likeness (QED) is 0.788. The molecule has 1 aromatic carbocycles. The summed E-state index contributed by atoms with van der Waals surface area (Å²) in [5.41, 5.74) is 5.24. The van der Waals surface area contributed by atoms with Gasteiger partial charge in [0.2, 0.25) is 0 Å². The summed E-state index contributed by atoms with van der Waals surface area (Å²) >= 11 is 11.9. The Labute approximate surface area is 165 Å². The number of amides is 2. The molecule has 140 valence electrons. The van der Waals surface area contributed by atoms with Crippen molar-refractivity contribution in [3.8, 4) is 11.5 Å². The van der Waals surface area contributed by atoms with Crippen molar-refractivity contribution in [3.63, 3.8) is 0 Å². The number of nitrogens with one attached hydrogen (secondary N) is 1. The first-order chi connectivity index (χ1) is 13.1. The number of benzene rings is 1. The van der Waals surface area contributed by atoms with E-state index < -0.39 is 0 Å². The van der Waals surface area contributed by atoms with Crippen LogP contribution in [0.15, 0.2) is 39.6 Å². The highest BCUT2D eigenvalue weighted by Gasteiger charge is 2.39. The van der Waals surface area contributed by atoms with Crippen LogP contribution < -0.4 is 5.43 Å². The van der Waals surface area contributed by atoms with E-state index in [4.69, 9.17) is 27.7 Å². The molecule has 0 radical (unpaired) electrons. The van der Waals surface area contributed by atoms with E-state index in [0.717, 1.165) is 28.2 Å². The van der Waals surface area contributed by atoms with E-state index in [1.165, 1.54) is 0 Å². The van der Waals surface area contributed by atoms with Crippen LogP contribution in [0.4, 0.5) is 4.79 Å². The van der Waals surface area contributed by atoms with Crippen molar-refractivity contribution in [1.82, 2.24) is 25.6 Å². The van der Waals surface area contributed by atoms with Gasteiger partial charge in [0.1, 0.15) is 0 Å². The summed E-state index contributed by atoms with van der Waals surface area (Å²) in [6.07, 6.45) is 3.94. The predicted molar refractivity (Wildman–Crippen MR) is 101 cm³/mol. The van der Waals surface area contributed by atoms with Crippen LogP contribution in [0.3, 0.4) is 0 Å². The van der Waals surface area contributed by atoms with Crippen LogP contribution in [0, 0.1) is 6.92 Å². The van der Waals surface area contributed by atoms with Crippen molar-refractivity contribution in [2.75, 3.05) is 12.4 Å². The zero-order chi connectivity index (χ0) is 19.0. The summed E-state index contributed by atoms with van der Waals surface area (Å²) in [5.74, 6) is 1.16. The van der Waals surface area contributed by atoms with E-state index in [-0.39, 0.29) is 12.1 Å². The lowest BCUT2D eigenvalue weighted by Gasteiger charge is -2.40. The Morgan fingerprint density at radius 1 is 1.44 bits per heavy atom. The van der Waals surface area contributed by atoms with Crippen LogP contribution in [0.1, 0.15) is 23.9 Å². The Bertz CT molecular complexity index is 941. The molecular weight excluding hydrogens is 391 g/mol. The number of hydrazone groups is 1. The molecule has 27 heavy (non-hydrogen) atoms. The lowest BCUT2D eigenvalue weighted by atomic mass is 10.0. The fourth-order valence-corrected chi connectivity index (χ4v) is 3.17. The van der Waals surface area contributed by atoms with Gasteiger partial charge in [-0.2, -0.15) is 10.1 Å². The number of allylic oxidation sites excluding steroid dienone is 1. The molecule has 10 heteroatoms. The molecule has 1 N–H and O–H groups in total. The number of carbonyl (C=O) groups is 1. The van der Waals surface area contributed by atoms with Gasteiger partial charge in [0.15, 0.2) is 5.82 Å². The molecule has 1 atom stereocenters. The van der Waals surface area contributed by atoms with Crippen LogP contribution in [-0.4, -0.2) is 44.8 Å². The third-order valence-corrected chi connectivity index (χ3v) is 5.27. The third kappa shape index (κ3) is 3.26. The molecule has 4 rings (SSSR count). The first-order valence-electron chi connectivity index (χ1n) is 8.33. The molecule has 2 aliphatic rings. The monoisotopic (exact) mass is 406 g/mol. The minimum Gasteiger partial charge on any atom is -0.334 e. The fraction of sp³-hybridized carbons (Fsp3) is 0.294. The molecular formula is C17H16Cl2N6O2. The van der Waals surface area contributed by atoms with Gasteiger partial charge < -0.3 is 9.42 Å². The summed E-state index contributed by atoms with van der Waals surface area (Å²) in [4.78, 5) is 18.7. The Hall–Kier alpha value is -2.58. The molecule has 0 saturated carbocycles. The average molecular weight is 407 g/mol. The SMILES string of the molecule is Cc1c(Cl)cccc1-c1nc([C@@H]2CCN2C(=O)N2N=CC(CCl)=CN2)no1. The fourth-order valence-electron chi connectivity index (χ4n) is 2.85. The van der Waals surface area contributed by atoms with Gasteiger partial charge in [0, 0.05) is 28.9 Å². The summed E-state index contributed by atoms with van der Waals surface area (Å²) in [6.45, 7) is 2.48. The number of nitrogens with zero attached hydrogens (tertiary/aromatic N) is 5. The lowest BCUT2D eigenvalue weighted by molar-refractivity contribution is 0.0709. The second-order valence-corrected chi connectivity index (χ2v) is 6.86. The van der Waals surface area contributed by atoms with E-state index >= 15 is 0 Å². The highest BCUT2D eigenvalue weighted by atomic mass is 35.5. The Morgan fingerprint density at radius 2 is 2.30 bits per heavy atom. The number of hydrogen-bond acceptors (Lipinski definition) is 6. The third-order valence-electron chi connectivity index (χ3n) is 4.55. The smallest absolute Gasteiger partial charge is 0.334 e. The van der Waals surface area contributed by atoms with Gasteiger partial charge in [0.05, 0.1) is 18.1 Å². The molecule has 3 heterocycles. The van der Waals surface area contributed by atoms with Crippen molar-refractivity contribution < 1.29 is 9.32 Å². The zero-order valence-corrected chi connectivity index (χ0v) is 15.9. The molecule has 0 bridgehead atoms. The molecule has 0 spiro atoms. The highest BCUT2D eigenvalue weighted by Crippen LogP contribution is 2.34. The van der Waals surface area contributed by atoms with E-state index in [2.05, 4.69) is 20.7 Å². The molecule has 2 aliphatic heterocycles. The van der Waals surface area contributed by atoms with Crippen molar-refractivity contribution in [3.05, 3.63) is 46.4 Å². The van der Waals surface area contributed by atoms with E-state index in [1.807, 2.05) is 19.1 Å². The van der Waals surface area contributed by atoms with Gasteiger partial charge in [-0.1, -0.05) is 22.8 Å². The summed E-state index contributed by atoms with van der Waals surface area (Å²) in [7, 11) is 0. The highest BCUT2D eigenvalue weighted by molar-refractivity contribution is 6.31. The van der Waals surface area contributed by atoms with Gasteiger partial charge in [-0.15, -0.1) is 16.7 Å². The maximum atomic E-state index is 12.6.